The summed E-state index contributed by atoms with van der Waals surface area (Å²) < 4.78 is 36.9. The number of alkyl halides is 3. The Kier molecular flexibility index (Phi) is 2.85. The Bertz CT molecular complexity index is 378. The minimum absolute atomic E-state index is 0.0376. The van der Waals surface area contributed by atoms with E-state index in [1.54, 1.807) is 0 Å². The predicted molar refractivity (Wildman–Crippen MR) is 46.3 cm³/mol. The Balaban J connectivity index is 3.29. The van der Waals surface area contributed by atoms with Crippen molar-refractivity contribution in [2.75, 3.05) is 0 Å². The van der Waals surface area contributed by atoms with Crippen LogP contribution < -0.4 is 4.35 Å². The third kappa shape index (κ3) is 2.26. The summed E-state index contributed by atoms with van der Waals surface area (Å²) in [6.45, 7) is 0. The number of nitrogens with zero attached hydrogens (tertiary/aromatic N) is 1. The van der Waals surface area contributed by atoms with Crippen LogP contribution in [0.4, 0.5) is 18.9 Å². The molecule has 0 heterocycles. The van der Waals surface area contributed by atoms with Gasteiger partial charge in [0, 0.05) is 0 Å². The summed E-state index contributed by atoms with van der Waals surface area (Å²) in [6, 6.07) is 2.73. The normalized spacial score (nSPS) is 11.4. The summed E-state index contributed by atoms with van der Waals surface area (Å²) in [4.78, 5) is 9.39. The molecule has 3 nitrogen and oxygen atoms in total. The molecule has 0 aromatic heterocycles. The van der Waals surface area contributed by atoms with E-state index in [1.165, 1.54) is 0 Å². The molecule has 0 amide bonds. The fourth-order valence-corrected chi connectivity index (χ4v) is 1.62. The molecule has 0 bridgehead atoms. The third-order valence-corrected chi connectivity index (χ3v) is 2.61. The molecule has 1 rings (SSSR count). The minimum atomic E-state index is -4.53. The fraction of sp³-hybridized carbons (Fsp3) is 0.143. The average molecular weight is 267 g/mol. The molecule has 0 spiro atoms. The summed E-state index contributed by atoms with van der Waals surface area (Å²) >= 11 is 0.784. The van der Waals surface area contributed by atoms with E-state index < -0.39 is 22.4 Å². The Hall–Kier alpha value is -1.03. The van der Waals surface area contributed by atoms with Gasteiger partial charge in [-0.1, -0.05) is 0 Å². The van der Waals surface area contributed by atoms with E-state index in [9.17, 15) is 23.3 Å². The molecule has 1 atom stereocenters. The quantitative estimate of drug-likeness (QED) is 0.430. The van der Waals surface area contributed by atoms with Gasteiger partial charge in [0.25, 0.3) is 0 Å². The second-order valence-electron chi connectivity index (χ2n) is 2.53. The summed E-state index contributed by atoms with van der Waals surface area (Å²) in [6.07, 6.45) is -4.53. The van der Waals surface area contributed by atoms with E-state index >= 15 is 0 Å². The SMILES string of the molecule is O=[N+]([O-])c1ccc([AsH2])c(C(F)(F)F)c1. The molecule has 76 valence electrons. The molecule has 0 saturated carbocycles. The van der Waals surface area contributed by atoms with E-state index in [-0.39, 0.29) is 4.35 Å². The predicted octanol–water partition coefficient (Wildman–Crippen LogP) is 0.872. The molecular formula is C7H5AsF3NO2. The van der Waals surface area contributed by atoms with Gasteiger partial charge in [0.2, 0.25) is 0 Å². The molecule has 1 aromatic rings. The summed E-state index contributed by atoms with van der Waals surface area (Å²) in [7, 11) is 0. The number of hydrogen-bond acceptors (Lipinski definition) is 2. The van der Waals surface area contributed by atoms with Crippen molar-refractivity contribution in [3.8, 4) is 0 Å². The second-order valence-corrected chi connectivity index (χ2v) is 3.83. The maximum atomic E-state index is 12.3. The van der Waals surface area contributed by atoms with Crippen LogP contribution in [0.25, 0.3) is 0 Å². The molecule has 0 aliphatic rings. The average Bonchev–Trinajstić information content (AvgIpc) is 2.02. The molecule has 0 N–H and O–H groups in total. The molecular weight excluding hydrogens is 262 g/mol. The molecule has 14 heavy (non-hydrogen) atoms. The van der Waals surface area contributed by atoms with Crippen LogP contribution in [0.1, 0.15) is 5.56 Å². The molecule has 1 unspecified atom stereocenters. The van der Waals surface area contributed by atoms with Crippen molar-refractivity contribution in [2.24, 2.45) is 0 Å². The monoisotopic (exact) mass is 267 g/mol. The molecule has 0 aliphatic carbocycles. The van der Waals surface area contributed by atoms with E-state index in [2.05, 4.69) is 0 Å². The zero-order valence-electron chi connectivity index (χ0n) is 6.71. The van der Waals surface area contributed by atoms with Gasteiger partial charge >= 0.3 is 85.0 Å². The van der Waals surface area contributed by atoms with Crippen molar-refractivity contribution < 1.29 is 18.1 Å². The number of non-ortho nitro benzene ring substituents is 1. The first kappa shape index (κ1) is 11.0. The molecule has 0 saturated heterocycles. The van der Waals surface area contributed by atoms with Crippen LogP contribution in [0.2, 0.25) is 0 Å². The van der Waals surface area contributed by atoms with Gasteiger partial charge < -0.3 is 0 Å². The number of nitro benzene ring substituents is 1. The zero-order valence-corrected chi connectivity index (χ0v) is 9.13. The zero-order chi connectivity index (χ0) is 10.9. The number of nitro groups is 1. The van der Waals surface area contributed by atoms with Crippen molar-refractivity contribution in [1.29, 1.82) is 0 Å². The van der Waals surface area contributed by atoms with Crippen molar-refractivity contribution in [2.45, 2.75) is 6.18 Å². The molecule has 1 aromatic carbocycles. The first-order valence-electron chi connectivity index (χ1n) is 3.43. The fourth-order valence-electron chi connectivity index (χ4n) is 0.903. The van der Waals surface area contributed by atoms with Crippen LogP contribution in [0.15, 0.2) is 18.2 Å². The summed E-state index contributed by atoms with van der Waals surface area (Å²) in [5.41, 5.74) is -1.48. The van der Waals surface area contributed by atoms with E-state index in [0.717, 1.165) is 29.0 Å². The second kappa shape index (κ2) is 3.61. The Labute approximate surface area is 85.6 Å². The van der Waals surface area contributed by atoms with Gasteiger partial charge in [-0.05, 0) is 0 Å². The van der Waals surface area contributed by atoms with Crippen molar-refractivity contribution in [3.05, 3.63) is 33.9 Å². The summed E-state index contributed by atoms with van der Waals surface area (Å²) in [5, 5.41) is 10.2. The van der Waals surface area contributed by atoms with Gasteiger partial charge in [0.05, 0.1) is 0 Å². The molecule has 0 fully saturated rings. The van der Waals surface area contributed by atoms with E-state index in [1.807, 2.05) is 0 Å². The van der Waals surface area contributed by atoms with Gasteiger partial charge in [-0.15, -0.1) is 0 Å². The third-order valence-electron chi connectivity index (χ3n) is 1.55. The molecule has 0 radical (unpaired) electrons. The van der Waals surface area contributed by atoms with Gasteiger partial charge in [0.15, 0.2) is 0 Å². The van der Waals surface area contributed by atoms with Crippen LogP contribution in [0, 0.1) is 10.1 Å². The van der Waals surface area contributed by atoms with Crippen molar-refractivity contribution in [1.82, 2.24) is 0 Å². The van der Waals surface area contributed by atoms with Crippen LogP contribution in [-0.4, -0.2) is 21.8 Å². The molecule has 7 heteroatoms. The first-order valence-corrected chi connectivity index (χ1v) is 4.64. The van der Waals surface area contributed by atoms with Crippen molar-refractivity contribution in [3.63, 3.8) is 0 Å². The van der Waals surface area contributed by atoms with Gasteiger partial charge in [-0.3, -0.25) is 0 Å². The van der Waals surface area contributed by atoms with Gasteiger partial charge in [-0.2, -0.15) is 0 Å². The maximum absolute atomic E-state index is 12.3. The first-order chi connectivity index (χ1) is 6.32. The van der Waals surface area contributed by atoms with Crippen LogP contribution in [0.5, 0.6) is 0 Å². The number of hydrogen-bond donors (Lipinski definition) is 0. The Morgan fingerprint density at radius 2 is 1.93 bits per heavy atom. The Morgan fingerprint density at radius 1 is 1.36 bits per heavy atom. The molecule has 0 aliphatic heterocycles. The van der Waals surface area contributed by atoms with Gasteiger partial charge in [-0.25, -0.2) is 0 Å². The summed E-state index contributed by atoms with van der Waals surface area (Å²) in [5.74, 6) is 0. The van der Waals surface area contributed by atoms with Gasteiger partial charge in [0.1, 0.15) is 0 Å². The van der Waals surface area contributed by atoms with E-state index in [4.69, 9.17) is 0 Å². The number of rotatable bonds is 1. The topological polar surface area (TPSA) is 43.1 Å². The van der Waals surface area contributed by atoms with E-state index in [0.29, 0.717) is 6.07 Å². The number of halogens is 3. The van der Waals surface area contributed by atoms with Crippen molar-refractivity contribution >= 4 is 26.9 Å². The van der Waals surface area contributed by atoms with Crippen LogP contribution >= 0.6 is 0 Å². The number of benzene rings is 1. The Morgan fingerprint density at radius 3 is 2.36 bits per heavy atom. The van der Waals surface area contributed by atoms with Crippen LogP contribution in [-0.2, 0) is 6.18 Å². The van der Waals surface area contributed by atoms with Crippen LogP contribution in [0.3, 0.4) is 0 Å². The standard InChI is InChI=1S/C7H5AsF3NO2/c8-6-2-1-4(12(13)14)3-5(6)7(9,10)11/h1-3H,8H2.